The number of nitriles is 1. The molecule has 0 bridgehead atoms. The van der Waals surface area contributed by atoms with Gasteiger partial charge in [0.15, 0.2) is 0 Å². The van der Waals surface area contributed by atoms with Crippen molar-refractivity contribution in [2.45, 2.75) is 20.8 Å². The summed E-state index contributed by atoms with van der Waals surface area (Å²) in [4.78, 5) is 12.1. The van der Waals surface area contributed by atoms with E-state index in [1.165, 1.54) is 0 Å². The molecule has 0 fully saturated rings. The predicted octanol–water partition coefficient (Wildman–Crippen LogP) is 3.70. The van der Waals surface area contributed by atoms with Crippen LogP contribution >= 0.6 is 0 Å². The Morgan fingerprint density at radius 3 is 2.20 bits per heavy atom. The van der Waals surface area contributed by atoms with Crippen LogP contribution in [0.5, 0.6) is 5.75 Å². The molecule has 2 rings (SSSR count). The molecule has 20 heavy (non-hydrogen) atoms. The number of carbonyl (C=O) groups excluding carboxylic acids is 1. The number of aryl methyl sites for hydroxylation is 2. The summed E-state index contributed by atoms with van der Waals surface area (Å²) in [5, 5.41) is 8.74. The van der Waals surface area contributed by atoms with Gasteiger partial charge in [0.25, 0.3) is 0 Å². The molecular weight excluding hydrogens is 250 g/mol. The number of ether oxygens (including phenoxy) is 1. The van der Waals surface area contributed by atoms with E-state index in [-0.39, 0.29) is 0 Å². The molecule has 0 saturated heterocycles. The van der Waals surface area contributed by atoms with Crippen LogP contribution in [0.25, 0.3) is 0 Å². The number of carbonyl (C=O) groups is 1. The van der Waals surface area contributed by atoms with Crippen molar-refractivity contribution in [2.75, 3.05) is 0 Å². The molecule has 0 heterocycles. The van der Waals surface area contributed by atoms with Gasteiger partial charge >= 0.3 is 5.97 Å². The third kappa shape index (κ3) is 2.70. The minimum absolute atomic E-state index is 0.411. The van der Waals surface area contributed by atoms with Gasteiger partial charge in [-0.25, -0.2) is 4.79 Å². The van der Waals surface area contributed by atoms with E-state index in [0.717, 1.165) is 16.7 Å². The van der Waals surface area contributed by atoms with Gasteiger partial charge in [-0.05, 0) is 61.7 Å². The van der Waals surface area contributed by atoms with Crippen molar-refractivity contribution in [3.63, 3.8) is 0 Å². The highest BCUT2D eigenvalue weighted by atomic mass is 16.5. The monoisotopic (exact) mass is 265 g/mol. The molecule has 0 aliphatic carbocycles. The van der Waals surface area contributed by atoms with Gasteiger partial charge in [0.1, 0.15) is 5.75 Å². The van der Waals surface area contributed by atoms with Gasteiger partial charge in [0.05, 0.1) is 17.2 Å². The van der Waals surface area contributed by atoms with E-state index in [2.05, 4.69) is 0 Å². The van der Waals surface area contributed by atoms with Crippen molar-refractivity contribution < 1.29 is 9.53 Å². The summed E-state index contributed by atoms with van der Waals surface area (Å²) in [6, 6.07) is 12.4. The Hall–Kier alpha value is -2.60. The van der Waals surface area contributed by atoms with Crippen molar-refractivity contribution in [3.05, 3.63) is 64.2 Å². The van der Waals surface area contributed by atoms with Crippen LogP contribution < -0.4 is 4.74 Å². The highest BCUT2D eigenvalue weighted by Gasteiger charge is 2.13. The van der Waals surface area contributed by atoms with Gasteiger partial charge < -0.3 is 4.74 Å². The minimum Gasteiger partial charge on any atom is -0.422 e. The smallest absolute Gasteiger partial charge is 0.343 e. The van der Waals surface area contributed by atoms with Gasteiger partial charge in [-0.15, -0.1) is 0 Å². The molecule has 0 saturated carbocycles. The van der Waals surface area contributed by atoms with Crippen LogP contribution in [-0.2, 0) is 0 Å². The van der Waals surface area contributed by atoms with E-state index < -0.39 is 5.97 Å². The van der Waals surface area contributed by atoms with Crippen molar-refractivity contribution >= 4 is 5.97 Å². The van der Waals surface area contributed by atoms with E-state index in [1.807, 2.05) is 39.0 Å². The van der Waals surface area contributed by atoms with Crippen LogP contribution in [0.2, 0.25) is 0 Å². The predicted molar refractivity (Wildman–Crippen MR) is 76.8 cm³/mol. The molecule has 100 valence electrons. The van der Waals surface area contributed by atoms with Crippen LogP contribution in [0.4, 0.5) is 0 Å². The molecule has 0 N–H and O–H groups in total. The first-order valence-electron chi connectivity index (χ1n) is 6.32. The van der Waals surface area contributed by atoms with Crippen molar-refractivity contribution in [1.29, 1.82) is 5.26 Å². The Kier molecular flexibility index (Phi) is 3.86. The number of nitrogens with zero attached hydrogens (tertiary/aromatic N) is 1. The second kappa shape index (κ2) is 5.58. The molecule has 0 radical (unpaired) electrons. The second-order valence-electron chi connectivity index (χ2n) is 4.73. The number of benzene rings is 2. The lowest BCUT2D eigenvalue weighted by Gasteiger charge is -2.12. The molecule has 2 aromatic rings. The van der Waals surface area contributed by atoms with E-state index in [1.54, 1.807) is 24.3 Å². The minimum atomic E-state index is -0.411. The second-order valence-corrected chi connectivity index (χ2v) is 4.73. The lowest BCUT2D eigenvalue weighted by molar-refractivity contribution is 0.0732. The fourth-order valence-corrected chi connectivity index (χ4v) is 1.92. The summed E-state index contributed by atoms with van der Waals surface area (Å²) >= 11 is 0. The van der Waals surface area contributed by atoms with Gasteiger partial charge in [0.2, 0.25) is 0 Å². The average Bonchev–Trinajstić information content (AvgIpc) is 2.47. The standard InChI is InChI=1S/C17H15NO2/c1-11-4-5-12(2)16(13(11)3)20-17(19)15-8-6-14(10-18)7-9-15/h4-9H,1-3H3. The SMILES string of the molecule is Cc1ccc(C)c(OC(=O)c2ccc(C#N)cc2)c1C. The molecule has 0 unspecified atom stereocenters. The summed E-state index contributed by atoms with van der Waals surface area (Å²) in [6.07, 6.45) is 0. The van der Waals surface area contributed by atoms with Gasteiger partial charge in [-0.2, -0.15) is 5.26 Å². The normalized spacial score (nSPS) is 9.90. The first kappa shape index (κ1) is 13.8. The number of esters is 1. The Bertz CT molecular complexity index is 694. The zero-order chi connectivity index (χ0) is 14.7. The molecule has 0 aliphatic rings. The average molecular weight is 265 g/mol. The number of hydrogen-bond donors (Lipinski definition) is 0. The van der Waals surface area contributed by atoms with Crippen LogP contribution in [0.15, 0.2) is 36.4 Å². The molecule has 0 atom stereocenters. The molecule has 0 aromatic heterocycles. The number of hydrogen-bond acceptors (Lipinski definition) is 3. The highest BCUT2D eigenvalue weighted by Crippen LogP contribution is 2.26. The third-order valence-corrected chi connectivity index (χ3v) is 3.32. The van der Waals surface area contributed by atoms with Crippen LogP contribution in [0.1, 0.15) is 32.6 Å². The quantitative estimate of drug-likeness (QED) is 0.614. The Balaban J connectivity index is 2.28. The molecule has 3 heteroatoms. The molecule has 2 aromatic carbocycles. The maximum Gasteiger partial charge on any atom is 0.343 e. The molecular formula is C17H15NO2. The summed E-state index contributed by atoms with van der Waals surface area (Å²) in [7, 11) is 0. The maximum absolute atomic E-state index is 12.1. The van der Waals surface area contributed by atoms with Crippen molar-refractivity contribution in [3.8, 4) is 11.8 Å². The Morgan fingerprint density at radius 1 is 1.00 bits per heavy atom. The van der Waals surface area contributed by atoms with Gasteiger partial charge in [-0.1, -0.05) is 12.1 Å². The van der Waals surface area contributed by atoms with Crippen LogP contribution in [0.3, 0.4) is 0 Å². The fraction of sp³-hybridized carbons (Fsp3) is 0.176. The first-order chi connectivity index (χ1) is 9.52. The topological polar surface area (TPSA) is 50.1 Å². The maximum atomic E-state index is 12.1. The van der Waals surface area contributed by atoms with Crippen molar-refractivity contribution in [1.82, 2.24) is 0 Å². The van der Waals surface area contributed by atoms with Gasteiger partial charge in [-0.3, -0.25) is 0 Å². The van der Waals surface area contributed by atoms with E-state index in [4.69, 9.17) is 10.00 Å². The summed E-state index contributed by atoms with van der Waals surface area (Å²) < 4.78 is 5.49. The molecule has 0 amide bonds. The molecule has 3 nitrogen and oxygen atoms in total. The third-order valence-electron chi connectivity index (χ3n) is 3.32. The van der Waals surface area contributed by atoms with Crippen LogP contribution in [-0.4, -0.2) is 5.97 Å². The first-order valence-corrected chi connectivity index (χ1v) is 6.32. The Morgan fingerprint density at radius 2 is 1.60 bits per heavy atom. The lowest BCUT2D eigenvalue weighted by atomic mass is 10.1. The zero-order valence-electron chi connectivity index (χ0n) is 11.7. The van der Waals surface area contributed by atoms with E-state index in [9.17, 15) is 4.79 Å². The zero-order valence-corrected chi connectivity index (χ0v) is 11.7. The van der Waals surface area contributed by atoms with Crippen molar-refractivity contribution in [2.24, 2.45) is 0 Å². The lowest BCUT2D eigenvalue weighted by Crippen LogP contribution is -2.10. The Labute approximate surface area is 118 Å². The highest BCUT2D eigenvalue weighted by molar-refractivity contribution is 5.91. The van der Waals surface area contributed by atoms with E-state index >= 15 is 0 Å². The molecule has 0 aliphatic heterocycles. The van der Waals surface area contributed by atoms with Crippen LogP contribution in [0, 0.1) is 32.1 Å². The largest absolute Gasteiger partial charge is 0.422 e. The van der Waals surface area contributed by atoms with E-state index in [0.29, 0.717) is 16.9 Å². The molecule has 0 spiro atoms. The summed E-state index contributed by atoms with van der Waals surface area (Å²) in [6.45, 7) is 5.82. The fourth-order valence-electron chi connectivity index (χ4n) is 1.92. The summed E-state index contributed by atoms with van der Waals surface area (Å²) in [5.74, 6) is 0.200. The van der Waals surface area contributed by atoms with Gasteiger partial charge in [0, 0.05) is 0 Å². The summed E-state index contributed by atoms with van der Waals surface area (Å²) in [5.41, 5.74) is 3.93. The number of rotatable bonds is 2.